The Bertz CT molecular complexity index is 672. The normalized spacial score (nSPS) is 10.8. The average Bonchev–Trinajstić information content (AvgIpc) is 2.33. The summed E-state index contributed by atoms with van der Waals surface area (Å²) in [6.45, 7) is 7.88. The van der Waals surface area contributed by atoms with E-state index in [1.54, 1.807) is 6.07 Å². The molecule has 1 N–H and O–H groups in total. The molecule has 0 bridgehead atoms. The van der Waals surface area contributed by atoms with Gasteiger partial charge in [-0.1, -0.05) is 19.1 Å². The molecule has 3 heteroatoms. The van der Waals surface area contributed by atoms with Gasteiger partial charge < -0.3 is 9.84 Å². The Balaban J connectivity index is 2.84. The first-order valence-corrected chi connectivity index (χ1v) is 6.86. The van der Waals surface area contributed by atoms with Crippen LogP contribution in [-0.2, 0) is 0 Å². The summed E-state index contributed by atoms with van der Waals surface area (Å²) in [5.41, 5.74) is 2.41. The van der Waals surface area contributed by atoms with Crippen molar-refractivity contribution in [3.8, 4) is 11.5 Å². The SMILES string of the molecule is CCCOc1c(C(C)=O)c(C)cc2cc(C)cc(O)c12. The summed E-state index contributed by atoms with van der Waals surface area (Å²) in [6, 6.07) is 5.61. The standard InChI is InChI=1S/C17H20O3/c1-5-6-20-17-15(12(4)18)11(3)9-13-7-10(2)8-14(19)16(13)17/h7-9,19H,5-6H2,1-4H3. The van der Waals surface area contributed by atoms with Gasteiger partial charge in [0.1, 0.15) is 11.5 Å². The van der Waals surface area contributed by atoms with Gasteiger partial charge in [0, 0.05) is 0 Å². The fourth-order valence-electron chi connectivity index (χ4n) is 2.55. The first-order valence-electron chi connectivity index (χ1n) is 6.86. The molecule has 0 amide bonds. The van der Waals surface area contributed by atoms with E-state index >= 15 is 0 Å². The maximum absolute atomic E-state index is 11.9. The van der Waals surface area contributed by atoms with E-state index < -0.39 is 0 Å². The highest BCUT2D eigenvalue weighted by atomic mass is 16.5. The van der Waals surface area contributed by atoms with E-state index in [0.29, 0.717) is 23.3 Å². The second kappa shape index (κ2) is 5.53. The van der Waals surface area contributed by atoms with Gasteiger partial charge in [0.15, 0.2) is 5.78 Å². The van der Waals surface area contributed by atoms with Crippen LogP contribution in [0.5, 0.6) is 11.5 Å². The van der Waals surface area contributed by atoms with Gasteiger partial charge in [-0.2, -0.15) is 0 Å². The van der Waals surface area contributed by atoms with Crippen molar-refractivity contribution in [2.24, 2.45) is 0 Å². The number of benzene rings is 2. The zero-order valence-electron chi connectivity index (χ0n) is 12.4. The van der Waals surface area contributed by atoms with Crippen LogP contribution in [0.15, 0.2) is 18.2 Å². The van der Waals surface area contributed by atoms with Gasteiger partial charge in [-0.05, 0) is 49.8 Å². The predicted octanol–water partition coefficient (Wildman–Crippen LogP) is 4.15. The smallest absolute Gasteiger partial charge is 0.163 e. The fraction of sp³-hybridized carbons (Fsp3) is 0.353. The number of ether oxygens (including phenoxy) is 1. The van der Waals surface area contributed by atoms with Crippen LogP contribution in [0, 0.1) is 13.8 Å². The third kappa shape index (κ3) is 2.48. The van der Waals surface area contributed by atoms with E-state index in [1.807, 2.05) is 32.9 Å². The molecule has 2 aromatic rings. The van der Waals surface area contributed by atoms with Gasteiger partial charge >= 0.3 is 0 Å². The molecule has 20 heavy (non-hydrogen) atoms. The highest BCUT2D eigenvalue weighted by Gasteiger charge is 2.18. The van der Waals surface area contributed by atoms with E-state index in [4.69, 9.17) is 4.74 Å². The molecule has 0 heterocycles. The summed E-state index contributed by atoms with van der Waals surface area (Å²) < 4.78 is 5.78. The van der Waals surface area contributed by atoms with E-state index in [9.17, 15) is 9.90 Å². The number of ketones is 1. The highest BCUT2D eigenvalue weighted by molar-refractivity contribution is 6.07. The summed E-state index contributed by atoms with van der Waals surface area (Å²) in [6.07, 6.45) is 0.847. The van der Waals surface area contributed by atoms with Crippen LogP contribution in [0.3, 0.4) is 0 Å². The quantitative estimate of drug-likeness (QED) is 0.850. The minimum atomic E-state index is -0.0459. The first kappa shape index (κ1) is 14.4. The largest absolute Gasteiger partial charge is 0.507 e. The topological polar surface area (TPSA) is 46.5 Å². The van der Waals surface area contributed by atoms with Gasteiger partial charge in [0.2, 0.25) is 0 Å². The third-order valence-electron chi connectivity index (χ3n) is 3.32. The number of Topliss-reactive ketones (excluding diaryl/α,β-unsaturated/α-hetero) is 1. The van der Waals surface area contributed by atoms with Crippen LogP contribution in [0.2, 0.25) is 0 Å². The molecular weight excluding hydrogens is 252 g/mol. The van der Waals surface area contributed by atoms with Gasteiger partial charge in [-0.15, -0.1) is 0 Å². The van der Waals surface area contributed by atoms with E-state index in [0.717, 1.165) is 22.9 Å². The Kier molecular flexibility index (Phi) is 3.98. The van der Waals surface area contributed by atoms with Crippen LogP contribution >= 0.6 is 0 Å². The summed E-state index contributed by atoms with van der Waals surface area (Å²) >= 11 is 0. The second-order valence-electron chi connectivity index (χ2n) is 5.18. The van der Waals surface area contributed by atoms with Crippen molar-refractivity contribution in [1.29, 1.82) is 0 Å². The molecule has 2 aromatic carbocycles. The Morgan fingerprint density at radius 2 is 1.95 bits per heavy atom. The second-order valence-corrected chi connectivity index (χ2v) is 5.18. The van der Waals surface area contributed by atoms with E-state index in [1.165, 1.54) is 6.92 Å². The van der Waals surface area contributed by atoms with Crippen LogP contribution in [-0.4, -0.2) is 17.5 Å². The number of carbonyl (C=O) groups is 1. The molecule has 3 nitrogen and oxygen atoms in total. The molecule has 0 atom stereocenters. The van der Waals surface area contributed by atoms with Gasteiger partial charge in [-0.25, -0.2) is 0 Å². The Labute approximate surface area is 119 Å². The van der Waals surface area contributed by atoms with Crippen molar-refractivity contribution in [3.63, 3.8) is 0 Å². The summed E-state index contributed by atoms with van der Waals surface area (Å²) in [4.78, 5) is 11.9. The highest BCUT2D eigenvalue weighted by Crippen LogP contribution is 2.39. The fourth-order valence-corrected chi connectivity index (χ4v) is 2.55. The van der Waals surface area contributed by atoms with Crippen molar-refractivity contribution in [1.82, 2.24) is 0 Å². The molecule has 0 aliphatic carbocycles. The number of phenols is 1. The lowest BCUT2D eigenvalue weighted by molar-refractivity contribution is 0.101. The number of aromatic hydroxyl groups is 1. The molecule has 0 saturated carbocycles. The van der Waals surface area contributed by atoms with Crippen LogP contribution in [0.1, 0.15) is 41.8 Å². The first-order chi connectivity index (χ1) is 9.45. The van der Waals surface area contributed by atoms with Crippen LogP contribution in [0.4, 0.5) is 0 Å². The van der Waals surface area contributed by atoms with Gasteiger partial charge in [0.25, 0.3) is 0 Å². The minimum Gasteiger partial charge on any atom is -0.507 e. The van der Waals surface area contributed by atoms with Crippen molar-refractivity contribution in [2.45, 2.75) is 34.1 Å². The minimum absolute atomic E-state index is 0.0459. The molecule has 0 aliphatic rings. The van der Waals surface area contributed by atoms with Crippen LogP contribution < -0.4 is 4.74 Å². The molecule has 0 radical (unpaired) electrons. The van der Waals surface area contributed by atoms with Crippen molar-refractivity contribution in [2.75, 3.05) is 6.61 Å². The van der Waals surface area contributed by atoms with Crippen molar-refractivity contribution < 1.29 is 14.6 Å². The number of phenolic OH excluding ortho intramolecular Hbond substituents is 1. The molecule has 0 aromatic heterocycles. The number of carbonyl (C=O) groups excluding carboxylic acids is 1. The number of fused-ring (bicyclic) bond motifs is 1. The average molecular weight is 272 g/mol. The molecule has 106 valence electrons. The summed E-state index contributed by atoms with van der Waals surface area (Å²) in [5.74, 6) is 0.621. The Morgan fingerprint density at radius 3 is 2.55 bits per heavy atom. The molecule has 0 fully saturated rings. The maximum Gasteiger partial charge on any atom is 0.163 e. The summed E-state index contributed by atoms with van der Waals surface area (Å²) in [7, 11) is 0. The van der Waals surface area contributed by atoms with Gasteiger partial charge in [0.05, 0.1) is 17.6 Å². The zero-order valence-corrected chi connectivity index (χ0v) is 12.4. The monoisotopic (exact) mass is 272 g/mol. The predicted molar refractivity (Wildman–Crippen MR) is 80.9 cm³/mol. The Hall–Kier alpha value is -2.03. The van der Waals surface area contributed by atoms with Crippen LogP contribution in [0.25, 0.3) is 10.8 Å². The Morgan fingerprint density at radius 1 is 1.25 bits per heavy atom. The maximum atomic E-state index is 11.9. The molecule has 2 rings (SSSR count). The van der Waals surface area contributed by atoms with Gasteiger partial charge in [-0.3, -0.25) is 4.79 Å². The number of rotatable bonds is 4. The van der Waals surface area contributed by atoms with Crippen molar-refractivity contribution >= 4 is 16.6 Å². The van der Waals surface area contributed by atoms with Crippen molar-refractivity contribution in [3.05, 3.63) is 34.9 Å². The molecule has 0 aliphatic heterocycles. The summed E-state index contributed by atoms with van der Waals surface area (Å²) in [5, 5.41) is 11.8. The molecule has 0 unspecified atom stereocenters. The number of hydrogen-bond donors (Lipinski definition) is 1. The molecule has 0 saturated heterocycles. The lowest BCUT2D eigenvalue weighted by Gasteiger charge is -2.16. The lowest BCUT2D eigenvalue weighted by atomic mass is 9.96. The van der Waals surface area contributed by atoms with E-state index in [2.05, 4.69) is 0 Å². The third-order valence-corrected chi connectivity index (χ3v) is 3.32. The van der Waals surface area contributed by atoms with E-state index in [-0.39, 0.29) is 11.5 Å². The molecular formula is C17H20O3. The lowest BCUT2D eigenvalue weighted by Crippen LogP contribution is -2.05. The molecule has 0 spiro atoms. The number of hydrogen-bond acceptors (Lipinski definition) is 3. The zero-order chi connectivity index (χ0) is 14.9. The number of aryl methyl sites for hydroxylation is 2.